The highest BCUT2D eigenvalue weighted by Crippen LogP contribution is 2.28. The summed E-state index contributed by atoms with van der Waals surface area (Å²) < 4.78 is 0. The Labute approximate surface area is 98.8 Å². The normalized spacial score (nSPS) is 15.8. The Morgan fingerprint density at radius 3 is 2.50 bits per heavy atom. The van der Waals surface area contributed by atoms with Gasteiger partial charge in [0.2, 0.25) is 5.91 Å². The first kappa shape index (κ1) is 13.0. The summed E-state index contributed by atoms with van der Waals surface area (Å²) in [6.07, 6.45) is 8.72. The van der Waals surface area contributed by atoms with Gasteiger partial charge in [-0.2, -0.15) is 0 Å². The summed E-state index contributed by atoms with van der Waals surface area (Å²) in [6, 6.07) is 0. The maximum absolute atomic E-state index is 11.3. The first-order valence-corrected chi connectivity index (χ1v) is 6.16. The van der Waals surface area contributed by atoms with Crippen molar-refractivity contribution in [3.63, 3.8) is 0 Å². The lowest BCUT2D eigenvalue weighted by molar-refractivity contribution is -0.122. The number of hydrogen-bond donors (Lipinski definition) is 1. The van der Waals surface area contributed by atoms with Crippen molar-refractivity contribution in [1.82, 2.24) is 5.32 Å². The molecule has 1 aliphatic rings. The highest BCUT2D eigenvalue weighted by atomic mass is 16.2. The molecule has 90 valence electrons. The summed E-state index contributed by atoms with van der Waals surface area (Å²) in [5, 5.41) is 2.94. The van der Waals surface area contributed by atoms with E-state index in [4.69, 9.17) is 0 Å². The summed E-state index contributed by atoms with van der Waals surface area (Å²) in [5.41, 5.74) is 2.73. The fourth-order valence-corrected chi connectivity index (χ4v) is 1.51. The lowest BCUT2D eigenvalue weighted by Crippen LogP contribution is -2.24. The van der Waals surface area contributed by atoms with Crippen molar-refractivity contribution < 1.29 is 4.79 Å². The van der Waals surface area contributed by atoms with Crippen LogP contribution in [0.25, 0.3) is 0 Å². The van der Waals surface area contributed by atoms with Crippen LogP contribution in [0.1, 0.15) is 46.5 Å². The van der Waals surface area contributed by atoms with Gasteiger partial charge in [-0.3, -0.25) is 4.79 Å². The summed E-state index contributed by atoms with van der Waals surface area (Å²) in [6.45, 7) is 7.06. The molecule has 0 saturated heterocycles. The van der Waals surface area contributed by atoms with Crippen LogP contribution in [0.15, 0.2) is 23.3 Å². The molecule has 0 aromatic heterocycles. The summed E-state index contributed by atoms with van der Waals surface area (Å²) in [4.78, 5) is 11.3. The fourth-order valence-electron chi connectivity index (χ4n) is 1.51. The van der Waals surface area contributed by atoms with Gasteiger partial charge in [0.25, 0.3) is 0 Å². The quantitative estimate of drug-likeness (QED) is 0.686. The molecule has 2 nitrogen and oxygen atoms in total. The third-order valence-corrected chi connectivity index (χ3v) is 2.77. The standard InChI is InChI=1S/C14H23NO/c1-11(2)5-4-6-12(3)9-10-15-14(16)13-7-8-13/h5,9,13H,4,6-8,10H2,1-3H3,(H,15,16)/b12-9+. The number of carbonyl (C=O) groups is 1. The van der Waals surface area contributed by atoms with E-state index >= 15 is 0 Å². The average Bonchev–Trinajstić information content (AvgIpc) is 2.99. The average molecular weight is 221 g/mol. The topological polar surface area (TPSA) is 29.1 Å². The third kappa shape index (κ3) is 5.74. The Morgan fingerprint density at radius 1 is 1.25 bits per heavy atom. The molecule has 0 unspecified atom stereocenters. The molecule has 1 N–H and O–H groups in total. The monoisotopic (exact) mass is 221 g/mol. The van der Waals surface area contributed by atoms with Crippen molar-refractivity contribution >= 4 is 5.91 Å². The second kappa shape index (κ2) is 6.51. The minimum atomic E-state index is 0.230. The highest BCUT2D eigenvalue weighted by Gasteiger charge is 2.28. The van der Waals surface area contributed by atoms with Gasteiger partial charge in [-0.25, -0.2) is 0 Å². The van der Waals surface area contributed by atoms with Crippen molar-refractivity contribution in [2.24, 2.45) is 5.92 Å². The Kier molecular flexibility index (Phi) is 5.30. The highest BCUT2D eigenvalue weighted by molar-refractivity contribution is 5.80. The van der Waals surface area contributed by atoms with Crippen LogP contribution in [0.4, 0.5) is 0 Å². The van der Waals surface area contributed by atoms with Crippen molar-refractivity contribution in [1.29, 1.82) is 0 Å². The maximum Gasteiger partial charge on any atom is 0.223 e. The van der Waals surface area contributed by atoms with Gasteiger partial charge >= 0.3 is 0 Å². The lowest BCUT2D eigenvalue weighted by Gasteiger charge is -2.02. The molecule has 0 heterocycles. The van der Waals surface area contributed by atoms with E-state index in [2.05, 4.69) is 38.2 Å². The smallest absolute Gasteiger partial charge is 0.223 e. The Bertz CT molecular complexity index is 294. The third-order valence-electron chi connectivity index (χ3n) is 2.77. The van der Waals surface area contributed by atoms with Gasteiger partial charge in [0.15, 0.2) is 0 Å². The Balaban J connectivity index is 2.12. The molecule has 16 heavy (non-hydrogen) atoms. The Hall–Kier alpha value is -1.05. The predicted molar refractivity (Wildman–Crippen MR) is 68.2 cm³/mol. The zero-order valence-electron chi connectivity index (χ0n) is 10.7. The SMILES string of the molecule is CC(C)=CCC/C(C)=C/CNC(=O)C1CC1. The molecule has 0 aromatic rings. The van der Waals surface area contributed by atoms with Gasteiger partial charge in [0.1, 0.15) is 0 Å². The van der Waals surface area contributed by atoms with Gasteiger partial charge in [-0.15, -0.1) is 0 Å². The van der Waals surface area contributed by atoms with E-state index in [1.807, 2.05) is 0 Å². The molecule has 2 heteroatoms. The van der Waals surface area contributed by atoms with Crippen LogP contribution in [0.3, 0.4) is 0 Å². The molecule has 1 saturated carbocycles. The van der Waals surface area contributed by atoms with Crippen molar-refractivity contribution in [2.75, 3.05) is 6.54 Å². The van der Waals surface area contributed by atoms with Crippen LogP contribution in [-0.2, 0) is 4.79 Å². The molecule has 0 aromatic carbocycles. The first-order chi connectivity index (χ1) is 7.59. The minimum Gasteiger partial charge on any atom is -0.352 e. The zero-order valence-corrected chi connectivity index (χ0v) is 10.7. The van der Waals surface area contributed by atoms with Crippen molar-refractivity contribution in [3.05, 3.63) is 23.3 Å². The van der Waals surface area contributed by atoms with E-state index < -0.39 is 0 Å². The second-order valence-electron chi connectivity index (χ2n) is 4.89. The van der Waals surface area contributed by atoms with E-state index in [-0.39, 0.29) is 5.91 Å². The molecular formula is C14H23NO. The van der Waals surface area contributed by atoms with Crippen LogP contribution in [0.5, 0.6) is 0 Å². The lowest BCUT2D eigenvalue weighted by atomic mass is 10.1. The van der Waals surface area contributed by atoms with Gasteiger partial charge in [0.05, 0.1) is 0 Å². The minimum absolute atomic E-state index is 0.230. The predicted octanol–water partition coefficient (Wildman–Crippen LogP) is 3.21. The molecule has 1 amide bonds. The molecule has 1 fully saturated rings. The molecule has 0 aliphatic heterocycles. The number of nitrogens with one attached hydrogen (secondary N) is 1. The molecule has 0 radical (unpaired) electrons. The van der Waals surface area contributed by atoms with Gasteiger partial charge in [-0.05, 0) is 46.5 Å². The molecule has 0 atom stereocenters. The number of allylic oxidation sites excluding steroid dienone is 3. The number of rotatable bonds is 6. The van der Waals surface area contributed by atoms with E-state index in [9.17, 15) is 4.79 Å². The number of hydrogen-bond acceptors (Lipinski definition) is 1. The van der Waals surface area contributed by atoms with E-state index in [0.717, 1.165) is 25.7 Å². The molecule has 1 rings (SSSR count). The first-order valence-electron chi connectivity index (χ1n) is 6.16. The maximum atomic E-state index is 11.3. The number of amides is 1. The van der Waals surface area contributed by atoms with Crippen LogP contribution >= 0.6 is 0 Å². The fraction of sp³-hybridized carbons (Fsp3) is 0.643. The van der Waals surface area contributed by atoms with Crippen LogP contribution in [-0.4, -0.2) is 12.5 Å². The van der Waals surface area contributed by atoms with E-state index in [0.29, 0.717) is 12.5 Å². The van der Waals surface area contributed by atoms with Crippen LogP contribution in [0, 0.1) is 5.92 Å². The molecule has 0 bridgehead atoms. The van der Waals surface area contributed by atoms with Crippen LogP contribution in [0.2, 0.25) is 0 Å². The van der Waals surface area contributed by atoms with Crippen molar-refractivity contribution in [3.8, 4) is 0 Å². The molecular weight excluding hydrogens is 198 g/mol. The molecule has 0 spiro atoms. The molecule has 1 aliphatic carbocycles. The summed E-state index contributed by atoms with van der Waals surface area (Å²) >= 11 is 0. The number of carbonyl (C=O) groups excluding carboxylic acids is 1. The van der Waals surface area contributed by atoms with Crippen molar-refractivity contribution in [2.45, 2.75) is 46.5 Å². The van der Waals surface area contributed by atoms with Gasteiger partial charge in [0, 0.05) is 12.5 Å². The summed E-state index contributed by atoms with van der Waals surface area (Å²) in [7, 11) is 0. The summed E-state index contributed by atoms with van der Waals surface area (Å²) in [5.74, 6) is 0.549. The van der Waals surface area contributed by atoms with E-state index in [1.165, 1.54) is 11.1 Å². The zero-order chi connectivity index (χ0) is 12.0. The van der Waals surface area contributed by atoms with Gasteiger partial charge < -0.3 is 5.32 Å². The van der Waals surface area contributed by atoms with E-state index in [1.54, 1.807) is 0 Å². The van der Waals surface area contributed by atoms with Gasteiger partial charge in [-0.1, -0.05) is 23.3 Å². The Morgan fingerprint density at radius 2 is 1.94 bits per heavy atom. The largest absolute Gasteiger partial charge is 0.352 e. The van der Waals surface area contributed by atoms with Crippen LogP contribution < -0.4 is 5.32 Å². The second-order valence-corrected chi connectivity index (χ2v) is 4.89.